The molecule has 1 rings (SSSR count). The lowest BCUT2D eigenvalue weighted by molar-refractivity contribution is -0.110. The molecule has 7 heavy (non-hydrogen) atoms. The summed E-state index contributed by atoms with van der Waals surface area (Å²) >= 11 is 0. The van der Waals surface area contributed by atoms with Crippen molar-refractivity contribution in [1.29, 1.82) is 0 Å². The molecule has 2 heteroatoms. The largest absolute Gasteiger partial charge is 0.399 e. The Hall–Kier alpha value is -1.05. The van der Waals surface area contributed by atoms with Gasteiger partial charge >= 0.3 is 0 Å². The van der Waals surface area contributed by atoms with Crippen molar-refractivity contribution in [2.75, 3.05) is 0 Å². The smallest absolute Gasteiger partial charge is 0.198 e. The summed E-state index contributed by atoms with van der Waals surface area (Å²) < 4.78 is 0. The maximum atomic E-state index is 5.30. The van der Waals surface area contributed by atoms with E-state index in [-0.39, 0.29) is 0 Å². The van der Waals surface area contributed by atoms with Crippen molar-refractivity contribution in [3.63, 3.8) is 0 Å². The Morgan fingerprint density at radius 2 is 2.14 bits per heavy atom. The molecular formula is C5H7N2+. The van der Waals surface area contributed by atoms with Gasteiger partial charge in [0.15, 0.2) is 5.71 Å². The predicted molar refractivity (Wildman–Crippen MR) is 28.3 cm³/mol. The van der Waals surface area contributed by atoms with Gasteiger partial charge in [-0.2, -0.15) is 0 Å². The molecule has 0 aromatic rings. The zero-order valence-corrected chi connectivity index (χ0v) is 3.89. The normalized spacial score (nSPS) is 17.7. The van der Waals surface area contributed by atoms with Crippen LogP contribution in [0, 0.1) is 0 Å². The Morgan fingerprint density at radius 3 is 2.29 bits per heavy atom. The number of allylic oxidation sites excluding steroid dienone is 3. The van der Waals surface area contributed by atoms with Gasteiger partial charge in [0.25, 0.3) is 0 Å². The Kier molecular flexibility index (Phi) is 0.719. The van der Waals surface area contributed by atoms with Crippen LogP contribution >= 0.6 is 0 Å². The third-order valence-electron chi connectivity index (χ3n) is 0.802. The summed E-state index contributed by atoms with van der Waals surface area (Å²) in [4.78, 5) is 0. The van der Waals surface area contributed by atoms with Crippen LogP contribution in [0.1, 0.15) is 0 Å². The highest BCUT2D eigenvalue weighted by molar-refractivity contribution is 6.02. The lowest BCUT2D eigenvalue weighted by Crippen LogP contribution is -2.36. The van der Waals surface area contributed by atoms with Crippen molar-refractivity contribution >= 4 is 5.71 Å². The lowest BCUT2D eigenvalue weighted by atomic mass is 10.4. The summed E-state index contributed by atoms with van der Waals surface area (Å²) in [6, 6.07) is 0. The second-order valence-electron chi connectivity index (χ2n) is 1.48. The van der Waals surface area contributed by atoms with E-state index in [9.17, 15) is 0 Å². The van der Waals surface area contributed by atoms with Crippen LogP contribution in [0.4, 0.5) is 0 Å². The van der Waals surface area contributed by atoms with Gasteiger partial charge in [-0.05, 0) is 6.08 Å². The topological polar surface area (TPSA) is 51.6 Å². The van der Waals surface area contributed by atoms with Crippen molar-refractivity contribution in [3.8, 4) is 0 Å². The Balaban J connectivity index is 2.88. The minimum Gasteiger partial charge on any atom is -0.399 e. The molecule has 1 aliphatic carbocycles. The molecule has 0 amide bonds. The number of hydrogen-bond acceptors (Lipinski definition) is 1. The second-order valence-corrected chi connectivity index (χ2v) is 1.48. The standard InChI is InChI=1S/C5H6N2/c6-4-1-2-5(7)3-4/h1-3,6H,7H2/p+1. The number of hydrogen-bond donors (Lipinski definition) is 2. The van der Waals surface area contributed by atoms with Crippen LogP contribution in [0.3, 0.4) is 0 Å². The molecule has 0 fully saturated rings. The molecule has 0 aromatic heterocycles. The lowest BCUT2D eigenvalue weighted by Gasteiger charge is -1.73. The van der Waals surface area contributed by atoms with Crippen LogP contribution in [-0.4, -0.2) is 5.71 Å². The van der Waals surface area contributed by atoms with Gasteiger partial charge in [-0.15, -0.1) is 0 Å². The fraction of sp³-hybridized carbons (Fsp3) is 0. The first-order valence-corrected chi connectivity index (χ1v) is 2.07. The SMILES string of the molecule is NC1=CC(=[NH2+])C=C1. The van der Waals surface area contributed by atoms with Crippen LogP contribution in [0.25, 0.3) is 0 Å². The van der Waals surface area contributed by atoms with E-state index in [0.29, 0.717) is 0 Å². The van der Waals surface area contributed by atoms with E-state index in [0.717, 1.165) is 11.4 Å². The molecule has 0 saturated carbocycles. The quantitative estimate of drug-likeness (QED) is 0.382. The monoisotopic (exact) mass is 95.1 g/mol. The minimum atomic E-state index is 0.734. The highest BCUT2D eigenvalue weighted by Crippen LogP contribution is 1.94. The summed E-state index contributed by atoms with van der Waals surface area (Å²) in [6.07, 6.45) is 5.27. The van der Waals surface area contributed by atoms with Gasteiger partial charge in [-0.1, -0.05) is 0 Å². The van der Waals surface area contributed by atoms with E-state index >= 15 is 0 Å². The maximum Gasteiger partial charge on any atom is 0.198 e. The first kappa shape index (κ1) is 4.12. The van der Waals surface area contributed by atoms with Gasteiger partial charge in [0.05, 0.1) is 0 Å². The molecule has 4 N–H and O–H groups in total. The highest BCUT2D eigenvalue weighted by Gasteiger charge is 1.98. The molecule has 2 nitrogen and oxygen atoms in total. The summed E-state index contributed by atoms with van der Waals surface area (Å²) in [5.74, 6) is 0. The van der Waals surface area contributed by atoms with E-state index in [4.69, 9.17) is 11.1 Å². The van der Waals surface area contributed by atoms with Gasteiger partial charge < -0.3 is 5.73 Å². The summed E-state index contributed by atoms with van der Waals surface area (Å²) in [5, 5.41) is 5.30. The zero-order valence-electron chi connectivity index (χ0n) is 3.89. The molecule has 0 heterocycles. The molecule has 0 aliphatic heterocycles. The van der Waals surface area contributed by atoms with Crippen molar-refractivity contribution in [3.05, 3.63) is 23.9 Å². The Bertz CT molecular complexity index is 153. The second kappa shape index (κ2) is 1.22. The van der Waals surface area contributed by atoms with E-state index < -0.39 is 0 Å². The van der Waals surface area contributed by atoms with Gasteiger partial charge in [-0.25, -0.2) is 0 Å². The van der Waals surface area contributed by atoms with Crippen LogP contribution in [0.2, 0.25) is 0 Å². The van der Waals surface area contributed by atoms with E-state index in [2.05, 4.69) is 0 Å². The molecule has 0 atom stereocenters. The minimum absolute atomic E-state index is 0.734. The van der Waals surface area contributed by atoms with Crippen LogP contribution in [-0.2, 0) is 0 Å². The van der Waals surface area contributed by atoms with Crippen molar-refractivity contribution in [1.82, 2.24) is 0 Å². The fourth-order valence-corrected chi connectivity index (χ4v) is 0.481. The molecule has 0 radical (unpaired) electrons. The highest BCUT2D eigenvalue weighted by atomic mass is 14.6. The maximum absolute atomic E-state index is 5.30. The third kappa shape index (κ3) is 0.682. The van der Waals surface area contributed by atoms with Crippen molar-refractivity contribution in [2.45, 2.75) is 0 Å². The third-order valence-corrected chi connectivity index (χ3v) is 0.802. The molecule has 0 aromatic carbocycles. The fourth-order valence-electron chi connectivity index (χ4n) is 0.481. The van der Waals surface area contributed by atoms with Crippen LogP contribution < -0.4 is 11.1 Å². The van der Waals surface area contributed by atoms with Gasteiger partial charge in [0.1, 0.15) is 0 Å². The summed E-state index contributed by atoms with van der Waals surface area (Å²) in [5.41, 5.74) is 6.77. The molecule has 0 unspecified atom stereocenters. The van der Waals surface area contributed by atoms with Crippen molar-refractivity contribution in [2.24, 2.45) is 5.73 Å². The van der Waals surface area contributed by atoms with Crippen LogP contribution in [0.15, 0.2) is 23.9 Å². The molecule has 0 saturated heterocycles. The Morgan fingerprint density at radius 1 is 1.43 bits per heavy atom. The molecule has 0 bridgehead atoms. The zero-order chi connectivity index (χ0) is 5.28. The van der Waals surface area contributed by atoms with Crippen LogP contribution in [0.5, 0.6) is 0 Å². The summed E-state index contributed by atoms with van der Waals surface area (Å²) in [6.45, 7) is 0. The number of nitrogens with two attached hydrogens (primary N) is 2. The first-order chi connectivity index (χ1) is 3.29. The van der Waals surface area contributed by atoms with E-state index in [1.165, 1.54) is 0 Å². The molecule has 1 aliphatic rings. The van der Waals surface area contributed by atoms with E-state index in [1.54, 1.807) is 18.2 Å². The predicted octanol–water partition coefficient (Wildman–Crippen LogP) is -1.40. The molecular weight excluding hydrogens is 88.1 g/mol. The molecule has 36 valence electrons. The Labute approximate surface area is 41.8 Å². The number of rotatable bonds is 0. The molecule has 0 spiro atoms. The summed E-state index contributed by atoms with van der Waals surface area (Å²) in [7, 11) is 0. The first-order valence-electron chi connectivity index (χ1n) is 2.07. The van der Waals surface area contributed by atoms with Gasteiger partial charge in [0.2, 0.25) is 0 Å². The average molecular weight is 95.1 g/mol. The average Bonchev–Trinajstić information content (AvgIpc) is 1.87. The van der Waals surface area contributed by atoms with E-state index in [1.807, 2.05) is 0 Å². The van der Waals surface area contributed by atoms with Gasteiger partial charge in [-0.3, -0.25) is 5.41 Å². The van der Waals surface area contributed by atoms with Crippen molar-refractivity contribution < 1.29 is 5.41 Å². The van der Waals surface area contributed by atoms with Gasteiger partial charge in [0, 0.05) is 17.8 Å².